The van der Waals surface area contributed by atoms with Crippen molar-refractivity contribution in [1.82, 2.24) is 5.32 Å². The molecule has 2 saturated carbocycles. The molecule has 1 aromatic carbocycles. The van der Waals surface area contributed by atoms with Crippen LogP contribution in [0.2, 0.25) is 0 Å². The third-order valence-electron chi connectivity index (χ3n) is 5.86. The number of carbonyl (C=O) groups excluding carboxylic acids is 1. The normalized spacial score (nSPS) is 35.8. The van der Waals surface area contributed by atoms with Crippen LogP contribution in [0.15, 0.2) is 24.3 Å². The minimum atomic E-state index is -0.117. The fourth-order valence-electron chi connectivity index (χ4n) is 4.68. The summed E-state index contributed by atoms with van der Waals surface area (Å²) in [6, 6.07) is 8.10. The van der Waals surface area contributed by atoms with E-state index in [1.165, 1.54) is 19.3 Å². The van der Waals surface area contributed by atoms with Gasteiger partial charge in [-0.25, -0.2) is 0 Å². The summed E-state index contributed by atoms with van der Waals surface area (Å²) in [5.41, 5.74) is 1.11. The molecule has 1 amide bonds. The summed E-state index contributed by atoms with van der Waals surface area (Å²) < 4.78 is 5.73. The monoisotopic (exact) mass is 301 g/mol. The molecule has 4 nitrogen and oxygen atoms in total. The first-order valence-electron chi connectivity index (χ1n) is 8.38. The zero-order valence-corrected chi connectivity index (χ0v) is 12.7. The number of nitrogens with one attached hydrogen (secondary N) is 1. The van der Waals surface area contributed by atoms with Crippen LogP contribution in [-0.2, 0) is 11.2 Å². The van der Waals surface area contributed by atoms with Crippen molar-refractivity contribution in [3.8, 4) is 5.75 Å². The number of rotatable bonds is 3. The quantitative estimate of drug-likeness (QED) is 0.894. The molecule has 4 rings (SSSR count). The molecule has 1 aliphatic heterocycles. The summed E-state index contributed by atoms with van der Waals surface area (Å²) in [5.74, 6) is 2.28. The van der Waals surface area contributed by atoms with Gasteiger partial charge in [-0.05, 0) is 49.1 Å². The number of aliphatic hydroxyl groups is 1. The van der Waals surface area contributed by atoms with E-state index in [1.54, 1.807) is 0 Å². The second kappa shape index (κ2) is 5.58. The van der Waals surface area contributed by atoms with Crippen LogP contribution >= 0.6 is 0 Å². The van der Waals surface area contributed by atoms with E-state index < -0.39 is 0 Å². The molecular formula is C18H23NO3. The van der Waals surface area contributed by atoms with Crippen molar-refractivity contribution in [2.75, 3.05) is 13.2 Å². The Morgan fingerprint density at radius 3 is 2.95 bits per heavy atom. The lowest BCUT2D eigenvalue weighted by Gasteiger charge is -2.32. The number of hydrogen-bond donors (Lipinski definition) is 2. The first kappa shape index (κ1) is 14.1. The van der Waals surface area contributed by atoms with Gasteiger partial charge < -0.3 is 15.2 Å². The second-order valence-corrected chi connectivity index (χ2v) is 7.03. The Morgan fingerprint density at radius 1 is 1.27 bits per heavy atom. The summed E-state index contributed by atoms with van der Waals surface area (Å²) in [6.45, 7) is 0.642. The van der Waals surface area contributed by atoms with E-state index in [9.17, 15) is 9.90 Å². The fraction of sp³-hybridized carbons (Fsp3) is 0.611. The summed E-state index contributed by atoms with van der Waals surface area (Å²) in [5, 5.41) is 12.9. The number of para-hydroxylation sites is 1. The third-order valence-corrected chi connectivity index (χ3v) is 5.86. The molecule has 22 heavy (non-hydrogen) atoms. The van der Waals surface area contributed by atoms with Crippen LogP contribution in [-0.4, -0.2) is 30.3 Å². The highest BCUT2D eigenvalue weighted by Crippen LogP contribution is 2.48. The molecule has 3 aliphatic rings. The first-order chi connectivity index (χ1) is 10.8. The van der Waals surface area contributed by atoms with Crippen molar-refractivity contribution in [2.45, 2.75) is 31.7 Å². The SMILES string of the molecule is O=C(NC1C2CCC(C2)C1CO)C1COc2ccccc2C1. The average molecular weight is 301 g/mol. The number of carbonyl (C=O) groups is 1. The molecule has 0 spiro atoms. The molecule has 1 aromatic rings. The van der Waals surface area contributed by atoms with Gasteiger partial charge in [-0.2, -0.15) is 0 Å². The Labute approximate surface area is 130 Å². The lowest BCUT2D eigenvalue weighted by molar-refractivity contribution is -0.127. The van der Waals surface area contributed by atoms with E-state index in [0.717, 1.165) is 17.7 Å². The van der Waals surface area contributed by atoms with Crippen LogP contribution in [0.1, 0.15) is 24.8 Å². The molecule has 2 N–H and O–H groups in total. The topological polar surface area (TPSA) is 58.6 Å². The Balaban J connectivity index is 1.43. The lowest BCUT2D eigenvalue weighted by atomic mass is 9.84. The Hall–Kier alpha value is -1.55. The second-order valence-electron chi connectivity index (χ2n) is 7.03. The Bertz CT molecular complexity index is 573. The molecule has 0 aromatic heterocycles. The van der Waals surface area contributed by atoms with Gasteiger partial charge in [-0.3, -0.25) is 4.79 Å². The van der Waals surface area contributed by atoms with Crippen molar-refractivity contribution in [2.24, 2.45) is 23.7 Å². The number of ether oxygens (including phenoxy) is 1. The van der Waals surface area contributed by atoms with Crippen molar-refractivity contribution < 1.29 is 14.6 Å². The third kappa shape index (κ3) is 2.30. The maximum absolute atomic E-state index is 12.6. The Morgan fingerprint density at radius 2 is 2.09 bits per heavy atom. The number of fused-ring (bicyclic) bond motifs is 3. The van der Waals surface area contributed by atoms with E-state index in [2.05, 4.69) is 5.32 Å². The van der Waals surface area contributed by atoms with Gasteiger partial charge in [0.2, 0.25) is 5.91 Å². The van der Waals surface area contributed by atoms with Crippen LogP contribution < -0.4 is 10.1 Å². The fourth-order valence-corrected chi connectivity index (χ4v) is 4.68. The maximum Gasteiger partial charge on any atom is 0.227 e. The zero-order chi connectivity index (χ0) is 15.1. The molecule has 118 valence electrons. The summed E-state index contributed by atoms with van der Waals surface area (Å²) in [4.78, 5) is 12.6. The van der Waals surface area contributed by atoms with Crippen molar-refractivity contribution in [1.29, 1.82) is 0 Å². The number of amides is 1. The highest BCUT2D eigenvalue weighted by atomic mass is 16.5. The smallest absolute Gasteiger partial charge is 0.227 e. The standard InChI is InChI=1S/C18H23NO3/c20-9-15-11-5-6-13(7-11)17(15)19-18(21)14-8-12-3-1-2-4-16(12)22-10-14/h1-4,11,13-15,17,20H,5-10H2,(H,19,21). The van der Waals surface area contributed by atoms with E-state index in [1.807, 2.05) is 24.3 Å². The molecule has 2 bridgehead atoms. The van der Waals surface area contributed by atoms with Crippen LogP contribution in [0, 0.1) is 23.7 Å². The first-order valence-corrected chi connectivity index (χ1v) is 8.38. The summed E-state index contributed by atoms with van der Waals surface area (Å²) in [7, 11) is 0. The van der Waals surface area contributed by atoms with Crippen molar-refractivity contribution in [3.05, 3.63) is 29.8 Å². The van der Waals surface area contributed by atoms with E-state index >= 15 is 0 Å². The highest BCUT2D eigenvalue weighted by molar-refractivity contribution is 5.80. The van der Waals surface area contributed by atoms with Gasteiger partial charge in [0.1, 0.15) is 12.4 Å². The number of aliphatic hydroxyl groups excluding tert-OH is 1. The number of hydrogen-bond acceptors (Lipinski definition) is 3. The lowest BCUT2D eigenvalue weighted by Crippen LogP contribution is -2.49. The van der Waals surface area contributed by atoms with E-state index in [-0.39, 0.29) is 30.4 Å². The summed E-state index contributed by atoms with van der Waals surface area (Å²) in [6.07, 6.45) is 4.31. The van der Waals surface area contributed by atoms with Gasteiger partial charge in [0.05, 0.1) is 5.92 Å². The van der Waals surface area contributed by atoms with Crippen molar-refractivity contribution >= 4 is 5.91 Å². The van der Waals surface area contributed by atoms with Crippen LogP contribution in [0.3, 0.4) is 0 Å². The molecule has 5 unspecified atom stereocenters. The zero-order valence-electron chi connectivity index (χ0n) is 12.7. The van der Waals surface area contributed by atoms with E-state index in [0.29, 0.717) is 18.4 Å². The molecule has 0 saturated heterocycles. The highest BCUT2D eigenvalue weighted by Gasteiger charge is 2.48. The van der Waals surface area contributed by atoms with Gasteiger partial charge in [0.25, 0.3) is 0 Å². The Kier molecular flexibility index (Phi) is 3.57. The molecule has 4 heteroatoms. The van der Waals surface area contributed by atoms with E-state index in [4.69, 9.17) is 4.74 Å². The molecule has 1 heterocycles. The molecular weight excluding hydrogens is 278 g/mol. The maximum atomic E-state index is 12.6. The predicted octanol–water partition coefficient (Wildman–Crippen LogP) is 1.76. The molecule has 2 aliphatic carbocycles. The van der Waals surface area contributed by atoms with Crippen molar-refractivity contribution in [3.63, 3.8) is 0 Å². The molecule has 0 radical (unpaired) electrons. The van der Waals surface area contributed by atoms with Crippen LogP contribution in [0.4, 0.5) is 0 Å². The minimum Gasteiger partial charge on any atom is -0.492 e. The van der Waals surface area contributed by atoms with Gasteiger partial charge in [-0.15, -0.1) is 0 Å². The van der Waals surface area contributed by atoms with Crippen LogP contribution in [0.5, 0.6) is 5.75 Å². The van der Waals surface area contributed by atoms with Crippen LogP contribution in [0.25, 0.3) is 0 Å². The van der Waals surface area contributed by atoms with Gasteiger partial charge in [0.15, 0.2) is 0 Å². The van der Waals surface area contributed by atoms with Gasteiger partial charge in [0, 0.05) is 18.6 Å². The average Bonchev–Trinajstić information content (AvgIpc) is 3.15. The molecule has 2 fully saturated rings. The molecule has 5 atom stereocenters. The summed E-state index contributed by atoms with van der Waals surface area (Å²) >= 11 is 0. The van der Waals surface area contributed by atoms with Gasteiger partial charge >= 0.3 is 0 Å². The number of benzene rings is 1. The minimum absolute atomic E-state index is 0.0884. The predicted molar refractivity (Wildman–Crippen MR) is 82.5 cm³/mol. The largest absolute Gasteiger partial charge is 0.492 e. The van der Waals surface area contributed by atoms with Gasteiger partial charge in [-0.1, -0.05) is 18.2 Å².